The normalized spacial score (nSPS) is 10.9. The Bertz CT molecular complexity index is 1230. The van der Waals surface area contributed by atoms with Crippen LogP contribution in [0.1, 0.15) is 34.6 Å². The van der Waals surface area contributed by atoms with Crippen LogP contribution < -0.4 is 14.8 Å². The lowest BCUT2D eigenvalue weighted by atomic mass is 10.1. The third-order valence-corrected chi connectivity index (χ3v) is 5.84. The zero-order chi connectivity index (χ0) is 23.8. The lowest BCUT2D eigenvalue weighted by molar-refractivity contribution is 0.0952. The summed E-state index contributed by atoms with van der Waals surface area (Å²) >= 11 is 0. The number of ether oxygens (including phenoxy) is 2. The van der Waals surface area contributed by atoms with Crippen molar-refractivity contribution in [3.8, 4) is 11.5 Å². The van der Waals surface area contributed by atoms with E-state index in [1.54, 1.807) is 7.11 Å². The molecule has 34 heavy (non-hydrogen) atoms. The maximum absolute atomic E-state index is 12.5. The van der Waals surface area contributed by atoms with E-state index in [2.05, 4.69) is 16.0 Å². The van der Waals surface area contributed by atoms with Crippen molar-refractivity contribution in [2.45, 2.75) is 32.7 Å². The van der Waals surface area contributed by atoms with Crippen molar-refractivity contribution >= 4 is 16.9 Å². The second-order valence-electron chi connectivity index (χ2n) is 8.22. The fraction of sp³-hybridized carbons (Fsp3) is 0.286. The summed E-state index contributed by atoms with van der Waals surface area (Å²) in [5, 5.41) is 3.04. The van der Waals surface area contributed by atoms with Crippen LogP contribution in [0.2, 0.25) is 0 Å². The molecule has 0 fully saturated rings. The molecule has 1 N–H and O–H groups in total. The summed E-state index contributed by atoms with van der Waals surface area (Å²) in [4.78, 5) is 17.3. The van der Waals surface area contributed by atoms with Crippen LogP contribution in [0.15, 0.2) is 72.8 Å². The first kappa shape index (κ1) is 23.4. The van der Waals surface area contributed by atoms with Gasteiger partial charge in [-0.05, 0) is 67.8 Å². The molecule has 0 aliphatic carbocycles. The number of methoxy groups -OCH3 is 1. The number of hydrogen-bond acceptors (Lipinski definition) is 4. The topological polar surface area (TPSA) is 65.4 Å². The second kappa shape index (κ2) is 11.4. The molecule has 0 unspecified atom stereocenters. The zero-order valence-corrected chi connectivity index (χ0v) is 19.8. The van der Waals surface area contributed by atoms with Gasteiger partial charge in [0.25, 0.3) is 5.91 Å². The highest BCUT2D eigenvalue weighted by molar-refractivity contribution is 5.95. The summed E-state index contributed by atoms with van der Waals surface area (Å²) in [7, 11) is 1.65. The second-order valence-corrected chi connectivity index (χ2v) is 8.22. The minimum Gasteiger partial charge on any atom is -0.497 e. The molecule has 1 amide bonds. The fourth-order valence-corrected chi connectivity index (χ4v) is 4.02. The van der Waals surface area contributed by atoms with Gasteiger partial charge < -0.3 is 19.4 Å². The van der Waals surface area contributed by atoms with Crippen molar-refractivity contribution in [1.29, 1.82) is 0 Å². The van der Waals surface area contributed by atoms with E-state index in [1.807, 2.05) is 73.7 Å². The van der Waals surface area contributed by atoms with Crippen molar-refractivity contribution < 1.29 is 14.3 Å². The van der Waals surface area contributed by atoms with Crippen molar-refractivity contribution in [3.63, 3.8) is 0 Å². The minimum atomic E-state index is -0.0257. The van der Waals surface area contributed by atoms with Crippen molar-refractivity contribution in [1.82, 2.24) is 14.9 Å². The van der Waals surface area contributed by atoms with Crippen LogP contribution in [0.4, 0.5) is 0 Å². The highest BCUT2D eigenvalue weighted by Crippen LogP contribution is 2.19. The molecule has 4 aromatic rings. The molecule has 0 aliphatic rings. The quantitative estimate of drug-likeness (QED) is 0.315. The number of aromatic nitrogens is 2. The lowest BCUT2D eigenvalue weighted by Gasteiger charge is -2.11. The molecule has 0 spiro atoms. The summed E-state index contributed by atoms with van der Waals surface area (Å²) < 4.78 is 13.4. The molecule has 6 heteroatoms. The van der Waals surface area contributed by atoms with Gasteiger partial charge in [-0.3, -0.25) is 4.79 Å². The van der Waals surface area contributed by atoms with Crippen LogP contribution in [0.5, 0.6) is 11.5 Å². The molecule has 1 heterocycles. The van der Waals surface area contributed by atoms with Gasteiger partial charge in [-0.1, -0.05) is 30.3 Å². The molecule has 4 rings (SSSR count). The van der Waals surface area contributed by atoms with Gasteiger partial charge in [0.05, 0.1) is 24.8 Å². The maximum atomic E-state index is 12.5. The van der Waals surface area contributed by atoms with Crippen molar-refractivity contribution in [2.75, 3.05) is 20.3 Å². The van der Waals surface area contributed by atoms with E-state index >= 15 is 0 Å². The Hall–Kier alpha value is -3.80. The number of para-hydroxylation sites is 2. The van der Waals surface area contributed by atoms with E-state index < -0.39 is 0 Å². The Morgan fingerprint density at radius 3 is 2.47 bits per heavy atom. The van der Waals surface area contributed by atoms with E-state index in [1.165, 1.54) is 0 Å². The van der Waals surface area contributed by atoms with Gasteiger partial charge in [-0.2, -0.15) is 0 Å². The number of carbonyl (C=O) groups is 1. The number of benzene rings is 3. The summed E-state index contributed by atoms with van der Waals surface area (Å²) in [6, 6.07) is 23.5. The van der Waals surface area contributed by atoms with Gasteiger partial charge in [-0.25, -0.2) is 4.98 Å². The van der Waals surface area contributed by atoms with E-state index in [0.29, 0.717) is 13.2 Å². The number of amides is 1. The largest absolute Gasteiger partial charge is 0.497 e. The van der Waals surface area contributed by atoms with Gasteiger partial charge in [-0.15, -0.1) is 0 Å². The number of imidazole rings is 1. The van der Waals surface area contributed by atoms with Crippen LogP contribution in [0, 0.1) is 6.92 Å². The lowest BCUT2D eigenvalue weighted by Crippen LogP contribution is -2.25. The SMILES string of the molecule is COc1ccc(OCCCn2c(CCCNC(=O)c3ccccc3C)nc3ccccc32)cc1. The van der Waals surface area contributed by atoms with Gasteiger partial charge in [0.15, 0.2) is 0 Å². The molecule has 3 aromatic carbocycles. The standard InChI is InChI=1S/C28H31N3O3/c1-21-9-3-4-10-24(21)28(32)29-18-7-13-27-30-25-11-5-6-12-26(25)31(27)19-8-20-34-23-16-14-22(33-2)15-17-23/h3-6,9-12,14-17H,7-8,13,18-20H2,1-2H3,(H,29,32). The summed E-state index contributed by atoms with van der Waals surface area (Å²) in [6.45, 7) is 4.00. The van der Waals surface area contributed by atoms with Gasteiger partial charge in [0, 0.05) is 25.1 Å². The van der Waals surface area contributed by atoms with Crippen LogP contribution >= 0.6 is 0 Å². The molecule has 0 aliphatic heterocycles. The Labute approximate surface area is 200 Å². The number of nitrogens with zero attached hydrogens (tertiary/aromatic N) is 2. The van der Waals surface area contributed by atoms with E-state index in [4.69, 9.17) is 14.5 Å². The maximum Gasteiger partial charge on any atom is 0.251 e. The fourth-order valence-electron chi connectivity index (χ4n) is 4.02. The number of rotatable bonds is 11. The van der Waals surface area contributed by atoms with Crippen LogP contribution in [0.3, 0.4) is 0 Å². The third kappa shape index (κ3) is 5.76. The van der Waals surface area contributed by atoms with Crippen molar-refractivity contribution in [3.05, 3.63) is 89.7 Å². The Kier molecular flexibility index (Phi) is 7.81. The summed E-state index contributed by atoms with van der Waals surface area (Å²) in [5.74, 6) is 2.66. The van der Waals surface area contributed by atoms with E-state index in [9.17, 15) is 4.79 Å². The summed E-state index contributed by atoms with van der Waals surface area (Å²) in [6.07, 6.45) is 2.48. The average Bonchev–Trinajstić information content (AvgIpc) is 3.22. The van der Waals surface area contributed by atoms with Crippen LogP contribution in [0.25, 0.3) is 11.0 Å². The molecule has 0 saturated heterocycles. The Morgan fingerprint density at radius 2 is 1.68 bits per heavy atom. The predicted octanol–water partition coefficient (Wildman–Crippen LogP) is 5.19. The zero-order valence-electron chi connectivity index (χ0n) is 19.8. The van der Waals surface area contributed by atoms with Gasteiger partial charge in [0.2, 0.25) is 0 Å². The molecular weight excluding hydrogens is 426 g/mol. The van der Waals surface area contributed by atoms with Crippen LogP contribution in [-0.4, -0.2) is 35.7 Å². The van der Waals surface area contributed by atoms with Gasteiger partial charge in [0.1, 0.15) is 17.3 Å². The Morgan fingerprint density at radius 1 is 0.941 bits per heavy atom. The monoisotopic (exact) mass is 457 g/mol. The average molecular weight is 458 g/mol. The number of aryl methyl sites for hydroxylation is 3. The minimum absolute atomic E-state index is 0.0257. The van der Waals surface area contributed by atoms with E-state index in [-0.39, 0.29) is 5.91 Å². The number of nitrogens with one attached hydrogen (secondary N) is 1. The highest BCUT2D eigenvalue weighted by Gasteiger charge is 2.11. The molecule has 1 aromatic heterocycles. The summed E-state index contributed by atoms with van der Waals surface area (Å²) in [5.41, 5.74) is 3.84. The first-order valence-corrected chi connectivity index (χ1v) is 11.7. The molecule has 176 valence electrons. The Balaban J connectivity index is 1.32. The molecule has 0 saturated carbocycles. The number of fused-ring (bicyclic) bond motifs is 1. The van der Waals surface area contributed by atoms with Gasteiger partial charge >= 0.3 is 0 Å². The first-order valence-electron chi connectivity index (χ1n) is 11.7. The smallest absolute Gasteiger partial charge is 0.251 e. The third-order valence-electron chi connectivity index (χ3n) is 5.84. The molecule has 6 nitrogen and oxygen atoms in total. The highest BCUT2D eigenvalue weighted by atomic mass is 16.5. The number of hydrogen-bond donors (Lipinski definition) is 1. The number of carbonyl (C=O) groups excluding carboxylic acids is 1. The van der Waals surface area contributed by atoms with Crippen molar-refractivity contribution in [2.24, 2.45) is 0 Å². The predicted molar refractivity (Wildman–Crippen MR) is 135 cm³/mol. The van der Waals surface area contributed by atoms with Crippen LogP contribution in [-0.2, 0) is 13.0 Å². The first-order chi connectivity index (χ1) is 16.7. The molecule has 0 radical (unpaired) electrons. The molecule has 0 atom stereocenters. The molecule has 0 bridgehead atoms. The molecular formula is C28H31N3O3. The van der Waals surface area contributed by atoms with E-state index in [0.717, 1.165) is 65.3 Å².